The number of carbonyl (C=O) groups is 1. The monoisotopic (exact) mass is 269 g/mol. The first-order valence-electron chi connectivity index (χ1n) is 7.19. The van der Waals surface area contributed by atoms with E-state index in [9.17, 15) is 4.79 Å². The molecule has 1 aromatic carbocycles. The number of rotatable bonds is 3. The van der Waals surface area contributed by atoms with Crippen LogP contribution in [-0.2, 0) is 0 Å². The van der Waals surface area contributed by atoms with Crippen molar-refractivity contribution in [1.82, 2.24) is 10.2 Å². The number of carbonyl (C=O) groups excluding carboxylic acids is 1. The van der Waals surface area contributed by atoms with Crippen molar-refractivity contribution in [2.24, 2.45) is 0 Å². The highest BCUT2D eigenvalue weighted by Crippen LogP contribution is 2.33. The van der Waals surface area contributed by atoms with Gasteiger partial charge in [0.15, 0.2) is 12.1 Å². The normalized spacial score (nSPS) is 16.2. The molecule has 0 radical (unpaired) electrons. The molecule has 0 amide bonds. The summed E-state index contributed by atoms with van der Waals surface area (Å²) in [6.45, 7) is 0. The highest BCUT2D eigenvalue weighted by molar-refractivity contribution is 5.91. The van der Waals surface area contributed by atoms with Crippen LogP contribution in [0.25, 0.3) is 11.3 Å². The summed E-state index contributed by atoms with van der Waals surface area (Å²) in [5, 5.41) is 6.73. The van der Waals surface area contributed by atoms with Crippen LogP contribution >= 0.6 is 0 Å². The Kier molecular flexibility index (Phi) is 3.54. The lowest BCUT2D eigenvalue weighted by molar-refractivity contribution is 0.112. The molecule has 1 saturated carbocycles. The van der Waals surface area contributed by atoms with E-state index in [1.807, 2.05) is 12.1 Å². The maximum Gasteiger partial charge on any atom is 0.156 e. The number of nitrogens with zero attached hydrogens (tertiary/aromatic N) is 1. The maximum absolute atomic E-state index is 11.1. The second kappa shape index (κ2) is 5.49. The molecule has 1 fully saturated rings. The summed E-state index contributed by atoms with van der Waals surface area (Å²) in [6.07, 6.45) is 7.36. The highest BCUT2D eigenvalue weighted by Gasteiger charge is 2.16. The highest BCUT2D eigenvalue weighted by atomic mass is 16.1. The zero-order valence-corrected chi connectivity index (χ0v) is 11.4. The number of hydrogen-bond donors (Lipinski definition) is 2. The average Bonchev–Trinajstić information content (AvgIpc) is 2.89. The third-order valence-corrected chi connectivity index (χ3v) is 4.23. The van der Waals surface area contributed by atoms with Gasteiger partial charge >= 0.3 is 0 Å². The Hall–Kier alpha value is -2.10. The van der Waals surface area contributed by atoms with Gasteiger partial charge in [-0.25, -0.2) is 0 Å². The second-order valence-electron chi connectivity index (χ2n) is 5.47. The number of H-pyrrole nitrogens is 1. The van der Waals surface area contributed by atoms with E-state index in [0.29, 0.717) is 17.2 Å². The van der Waals surface area contributed by atoms with Crippen LogP contribution in [0.2, 0.25) is 0 Å². The largest absolute Gasteiger partial charge is 0.382 e. The first-order chi connectivity index (χ1) is 9.79. The quantitative estimate of drug-likeness (QED) is 0.837. The lowest BCUT2D eigenvalue weighted by Crippen LogP contribution is -2.04. The second-order valence-corrected chi connectivity index (χ2v) is 5.47. The Morgan fingerprint density at radius 1 is 1.15 bits per heavy atom. The van der Waals surface area contributed by atoms with E-state index >= 15 is 0 Å². The fourth-order valence-electron chi connectivity index (χ4n) is 3.06. The van der Waals surface area contributed by atoms with Gasteiger partial charge in [0.2, 0.25) is 0 Å². The molecule has 4 nitrogen and oxygen atoms in total. The number of aromatic nitrogens is 2. The Labute approximate surface area is 118 Å². The van der Waals surface area contributed by atoms with Gasteiger partial charge in [-0.3, -0.25) is 9.89 Å². The molecule has 1 aliphatic rings. The molecule has 20 heavy (non-hydrogen) atoms. The summed E-state index contributed by atoms with van der Waals surface area (Å²) in [5.74, 6) is 0.946. The van der Waals surface area contributed by atoms with Gasteiger partial charge in [0.05, 0.1) is 11.3 Å². The van der Waals surface area contributed by atoms with Crippen molar-refractivity contribution in [2.75, 3.05) is 5.73 Å². The van der Waals surface area contributed by atoms with Crippen LogP contribution in [0.4, 0.5) is 5.82 Å². The van der Waals surface area contributed by atoms with Gasteiger partial charge in [-0.05, 0) is 24.3 Å². The zero-order chi connectivity index (χ0) is 13.9. The molecule has 3 N–H and O–H groups in total. The van der Waals surface area contributed by atoms with Crippen LogP contribution < -0.4 is 5.73 Å². The lowest BCUT2D eigenvalue weighted by atomic mass is 9.84. The minimum Gasteiger partial charge on any atom is -0.382 e. The molecule has 1 aliphatic carbocycles. The van der Waals surface area contributed by atoms with Crippen LogP contribution in [0.5, 0.6) is 0 Å². The summed E-state index contributed by atoms with van der Waals surface area (Å²) < 4.78 is 0. The Balaban J connectivity index is 1.87. The molecule has 104 valence electrons. The van der Waals surface area contributed by atoms with E-state index < -0.39 is 0 Å². The Morgan fingerprint density at radius 2 is 1.85 bits per heavy atom. The zero-order valence-electron chi connectivity index (χ0n) is 11.4. The molecule has 3 rings (SSSR count). The molecule has 0 saturated heterocycles. The number of nitrogens with two attached hydrogens (primary N) is 1. The topological polar surface area (TPSA) is 71.8 Å². The standard InChI is InChI=1S/C16H19N3O/c17-16-14(10-20)15(18-19-16)13-8-6-12(7-9-13)11-4-2-1-3-5-11/h6-11H,1-5H2,(H3,17,18,19). The molecule has 0 unspecified atom stereocenters. The van der Waals surface area contributed by atoms with E-state index in [-0.39, 0.29) is 5.82 Å². The van der Waals surface area contributed by atoms with Crippen molar-refractivity contribution in [3.05, 3.63) is 35.4 Å². The molecule has 0 aliphatic heterocycles. The fraction of sp³-hybridized carbons (Fsp3) is 0.375. The first kappa shape index (κ1) is 12.9. The van der Waals surface area contributed by atoms with Crippen LogP contribution in [0.1, 0.15) is 53.9 Å². The van der Waals surface area contributed by atoms with Crippen LogP contribution in [0, 0.1) is 0 Å². The molecule has 0 atom stereocenters. The number of aldehydes is 1. The van der Waals surface area contributed by atoms with E-state index in [1.54, 1.807) is 0 Å². The summed E-state index contributed by atoms with van der Waals surface area (Å²) in [5.41, 5.74) is 9.16. The molecule has 0 bridgehead atoms. The number of aromatic amines is 1. The predicted octanol–water partition coefficient (Wildman–Crippen LogP) is 3.52. The third-order valence-electron chi connectivity index (χ3n) is 4.23. The fourth-order valence-corrected chi connectivity index (χ4v) is 3.06. The molecule has 4 heteroatoms. The van der Waals surface area contributed by atoms with Crippen LogP contribution in [0.3, 0.4) is 0 Å². The van der Waals surface area contributed by atoms with Gasteiger partial charge in [-0.1, -0.05) is 43.5 Å². The summed E-state index contributed by atoms with van der Waals surface area (Å²) in [4.78, 5) is 11.1. The van der Waals surface area contributed by atoms with Gasteiger partial charge in [0.25, 0.3) is 0 Å². The average molecular weight is 269 g/mol. The number of nitrogen functional groups attached to an aromatic ring is 1. The van der Waals surface area contributed by atoms with E-state index in [2.05, 4.69) is 22.3 Å². The Bertz CT molecular complexity index is 595. The SMILES string of the molecule is Nc1n[nH]c(-c2ccc(C3CCCCC3)cc2)c1C=O. The van der Waals surface area contributed by atoms with Crippen LogP contribution in [-0.4, -0.2) is 16.5 Å². The lowest BCUT2D eigenvalue weighted by Gasteiger charge is -2.22. The van der Waals surface area contributed by atoms with Gasteiger partial charge in [-0.15, -0.1) is 0 Å². The summed E-state index contributed by atoms with van der Waals surface area (Å²) in [6, 6.07) is 8.42. The minimum atomic E-state index is 0.256. The van der Waals surface area contributed by atoms with Crippen molar-refractivity contribution in [3.8, 4) is 11.3 Å². The third kappa shape index (κ3) is 2.33. The van der Waals surface area contributed by atoms with E-state index in [1.165, 1.54) is 37.7 Å². The molecular formula is C16H19N3O. The van der Waals surface area contributed by atoms with Gasteiger partial charge in [0.1, 0.15) is 0 Å². The Morgan fingerprint density at radius 3 is 2.50 bits per heavy atom. The minimum absolute atomic E-state index is 0.256. The molecule has 1 aromatic heterocycles. The molecule has 0 spiro atoms. The van der Waals surface area contributed by atoms with Crippen LogP contribution in [0.15, 0.2) is 24.3 Å². The maximum atomic E-state index is 11.1. The van der Waals surface area contributed by atoms with Crippen molar-refractivity contribution in [1.29, 1.82) is 0 Å². The van der Waals surface area contributed by atoms with Crippen molar-refractivity contribution in [3.63, 3.8) is 0 Å². The van der Waals surface area contributed by atoms with Crippen molar-refractivity contribution in [2.45, 2.75) is 38.0 Å². The first-order valence-corrected chi connectivity index (χ1v) is 7.19. The van der Waals surface area contributed by atoms with Crippen molar-refractivity contribution < 1.29 is 4.79 Å². The summed E-state index contributed by atoms with van der Waals surface area (Å²) in [7, 11) is 0. The number of hydrogen-bond acceptors (Lipinski definition) is 3. The number of benzene rings is 1. The molecule has 2 aromatic rings. The van der Waals surface area contributed by atoms with E-state index in [4.69, 9.17) is 5.73 Å². The number of anilines is 1. The smallest absolute Gasteiger partial charge is 0.156 e. The van der Waals surface area contributed by atoms with Gasteiger partial charge in [-0.2, -0.15) is 5.10 Å². The molecular weight excluding hydrogens is 250 g/mol. The number of nitrogens with one attached hydrogen (secondary N) is 1. The van der Waals surface area contributed by atoms with Gasteiger partial charge < -0.3 is 5.73 Å². The summed E-state index contributed by atoms with van der Waals surface area (Å²) >= 11 is 0. The van der Waals surface area contributed by atoms with E-state index in [0.717, 1.165) is 11.8 Å². The predicted molar refractivity (Wildman–Crippen MR) is 79.6 cm³/mol. The molecule has 1 heterocycles. The van der Waals surface area contributed by atoms with Crippen molar-refractivity contribution >= 4 is 12.1 Å². The van der Waals surface area contributed by atoms with Gasteiger partial charge in [0, 0.05) is 5.56 Å².